The Morgan fingerprint density at radius 1 is 1.09 bits per heavy atom. The third-order valence-corrected chi connectivity index (χ3v) is 3.18. The molecule has 0 aromatic heterocycles. The van der Waals surface area contributed by atoms with Crippen molar-refractivity contribution in [2.75, 3.05) is 6.61 Å². The van der Waals surface area contributed by atoms with E-state index >= 15 is 0 Å². The number of nitrogens with one attached hydrogen (secondary N) is 1. The molecule has 0 bridgehead atoms. The fraction of sp³-hybridized carbons (Fsp3) is 0.222. The second-order valence-electron chi connectivity index (χ2n) is 5.26. The van der Waals surface area contributed by atoms with Crippen molar-refractivity contribution in [2.45, 2.75) is 20.8 Å². The molecular weight excluding hydrogens is 276 g/mol. The predicted octanol–water partition coefficient (Wildman–Crippen LogP) is 3.14. The van der Waals surface area contributed by atoms with Gasteiger partial charge in [-0.1, -0.05) is 42.0 Å². The average molecular weight is 296 g/mol. The largest absolute Gasteiger partial charge is 0.483 e. The molecular formula is C18H20N2O2. The first kappa shape index (κ1) is 15.8. The van der Waals surface area contributed by atoms with Gasteiger partial charge in [-0.15, -0.1) is 0 Å². The molecule has 4 nitrogen and oxygen atoms in total. The summed E-state index contributed by atoms with van der Waals surface area (Å²) in [6, 6.07) is 13.8. The number of nitrogens with zero attached hydrogens (tertiary/aromatic N) is 1. The van der Waals surface area contributed by atoms with Gasteiger partial charge in [-0.3, -0.25) is 4.79 Å². The van der Waals surface area contributed by atoms with Crippen molar-refractivity contribution in [2.24, 2.45) is 5.10 Å². The molecule has 0 radical (unpaired) electrons. The first-order valence-electron chi connectivity index (χ1n) is 7.13. The number of hydrogen-bond acceptors (Lipinski definition) is 3. The lowest BCUT2D eigenvalue weighted by molar-refractivity contribution is -0.123. The van der Waals surface area contributed by atoms with Gasteiger partial charge in [0.2, 0.25) is 0 Å². The Morgan fingerprint density at radius 2 is 1.77 bits per heavy atom. The van der Waals surface area contributed by atoms with Crippen molar-refractivity contribution >= 4 is 12.1 Å². The van der Waals surface area contributed by atoms with Gasteiger partial charge < -0.3 is 4.74 Å². The number of rotatable bonds is 5. The van der Waals surface area contributed by atoms with E-state index in [0.717, 1.165) is 22.4 Å². The van der Waals surface area contributed by atoms with Crippen molar-refractivity contribution < 1.29 is 9.53 Å². The normalized spacial score (nSPS) is 10.7. The predicted molar refractivity (Wildman–Crippen MR) is 88.3 cm³/mol. The molecule has 0 atom stereocenters. The van der Waals surface area contributed by atoms with Crippen LogP contribution in [-0.2, 0) is 4.79 Å². The lowest BCUT2D eigenvalue weighted by atomic mass is 10.1. The van der Waals surface area contributed by atoms with Crippen LogP contribution in [0.3, 0.4) is 0 Å². The van der Waals surface area contributed by atoms with Crippen LogP contribution in [0.15, 0.2) is 47.6 Å². The van der Waals surface area contributed by atoms with Gasteiger partial charge in [0.05, 0.1) is 6.21 Å². The number of benzene rings is 2. The number of hydrogen-bond donors (Lipinski definition) is 1. The zero-order valence-electron chi connectivity index (χ0n) is 13.1. The standard InChI is InChI=1S/C18H20N2O2/c1-13-5-8-16(9-6-13)11-19-20-18(21)12-22-17-10-14(2)4-7-15(17)3/h4-11H,12H2,1-3H3,(H,20,21)/b19-11+. The first-order valence-corrected chi connectivity index (χ1v) is 7.13. The van der Waals surface area contributed by atoms with Crippen molar-refractivity contribution in [1.29, 1.82) is 0 Å². The summed E-state index contributed by atoms with van der Waals surface area (Å²) in [4.78, 5) is 11.7. The van der Waals surface area contributed by atoms with Crippen LogP contribution in [0.4, 0.5) is 0 Å². The molecule has 0 aliphatic rings. The third-order valence-electron chi connectivity index (χ3n) is 3.18. The second kappa shape index (κ2) is 7.41. The van der Waals surface area contributed by atoms with E-state index in [2.05, 4.69) is 10.5 Å². The molecule has 2 aromatic carbocycles. The summed E-state index contributed by atoms with van der Waals surface area (Å²) < 4.78 is 5.51. The van der Waals surface area contributed by atoms with Gasteiger partial charge in [0.1, 0.15) is 5.75 Å². The van der Waals surface area contributed by atoms with E-state index in [-0.39, 0.29) is 12.5 Å². The molecule has 114 valence electrons. The number of ether oxygens (including phenoxy) is 1. The van der Waals surface area contributed by atoms with Crippen LogP contribution in [0.5, 0.6) is 5.75 Å². The maximum Gasteiger partial charge on any atom is 0.277 e. The summed E-state index contributed by atoms with van der Waals surface area (Å²) in [5.41, 5.74) is 6.67. The van der Waals surface area contributed by atoms with Crippen LogP contribution in [0.1, 0.15) is 22.3 Å². The SMILES string of the molecule is Cc1ccc(/C=N/NC(=O)COc2cc(C)ccc2C)cc1. The van der Waals surface area contributed by atoms with Gasteiger partial charge in [0.15, 0.2) is 6.61 Å². The minimum absolute atomic E-state index is 0.0600. The van der Waals surface area contributed by atoms with Crippen LogP contribution in [0.25, 0.3) is 0 Å². The number of aryl methyl sites for hydroxylation is 3. The van der Waals surface area contributed by atoms with Crippen molar-refractivity contribution in [3.05, 3.63) is 64.7 Å². The number of carbonyl (C=O) groups excluding carboxylic acids is 1. The molecule has 0 saturated heterocycles. The van der Waals surface area contributed by atoms with E-state index in [1.54, 1.807) is 6.21 Å². The Kier molecular flexibility index (Phi) is 5.31. The molecule has 4 heteroatoms. The minimum Gasteiger partial charge on any atom is -0.483 e. The van der Waals surface area contributed by atoms with Gasteiger partial charge in [-0.25, -0.2) is 5.43 Å². The van der Waals surface area contributed by atoms with E-state index in [1.807, 2.05) is 63.2 Å². The number of amides is 1. The Hall–Kier alpha value is -2.62. The van der Waals surface area contributed by atoms with Gasteiger partial charge in [-0.2, -0.15) is 5.10 Å². The van der Waals surface area contributed by atoms with Gasteiger partial charge in [-0.05, 0) is 43.5 Å². The van der Waals surface area contributed by atoms with Gasteiger partial charge in [0.25, 0.3) is 5.91 Å². The lowest BCUT2D eigenvalue weighted by Crippen LogP contribution is -2.24. The molecule has 2 aromatic rings. The maximum absolute atomic E-state index is 11.7. The molecule has 0 heterocycles. The smallest absolute Gasteiger partial charge is 0.277 e. The zero-order valence-corrected chi connectivity index (χ0v) is 13.1. The molecule has 0 aliphatic heterocycles. The van der Waals surface area contributed by atoms with Crippen LogP contribution >= 0.6 is 0 Å². The molecule has 22 heavy (non-hydrogen) atoms. The molecule has 0 unspecified atom stereocenters. The fourth-order valence-electron chi connectivity index (χ4n) is 1.87. The summed E-state index contributed by atoms with van der Waals surface area (Å²) in [6.07, 6.45) is 1.61. The molecule has 1 amide bonds. The van der Waals surface area contributed by atoms with E-state index in [4.69, 9.17) is 4.74 Å². The second-order valence-corrected chi connectivity index (χ2v) is 5.26. The van der Waals surface area contributed by atoms with Crippen molar-refractivity contribution in [3.63, 3.8) is 0 Å². The average Bonchev–Trinajstić information content (AvgIpc) is 2.50. The highest BCUT2D eigenvalue weighted by Gasteiger charge is 2.04. The van der Waals surface area contributed by atoms with Crippen LogP contribution in [0.2, 0.25) is 0 Å². The van der Waals surface area contributed by atoms with Crippen LogP contribution in [0, 0.1) is 20.8 Å². The summed E-state index contributed by atoms with van der Waals surface area (Å²) in [7, 11) is 0. The lowest BCUT2D eigenvalue weighted by Gasteiger charge is -2.08. The highest BCUT2D eigenvalue weighted by Crippen LogP contribution is 2.18. The van der Waals surface area contributed by atoms with E-state index in [0.29, 0.717) is 0 Å². The van der Waals surface area contributed by atoms with Crippen LogP contribution in [-0.4, -0.2) is 18.7 Å². The van der Waals surface area contributed by atoms with Gasteiger partial charge in [0, 0.05) is 0 Å². The van der Waals surface area contributed by atoms with Crippen molar-refractivity contribution in [1.82, 2.24) is 5.43 Å². The Bertz CT molecular complexity index is 676. The third kappa shape index (κ3) is 4.74. The topological polar surface area (TPSA) is 50.7 Å². The zero-order chi connectivity index (χ0) is 15.9. The first-order chi connectivity index (χ1) is 10.5. The molecule has 2 rings (SSSR count). The fourth-order valence-corrected chi connectivity index (χ4v) is 1.87. The number of hydrazone groups is 1. The minimum atomic E-state index is -0.288. The van der Waals surface area contributed by atoms with Crippen LogP contribution < -0.4 is 10.2 Å². The van der Waals surface area contributed by atoms with E-state index in [1.165, 1.54) is 5.56 Å². The van der Waals surface area contributed by atoms with E-state index < -0.39 is 0 Å². The monoisotopic (exact) mass is 296 g/mol. The molecule has 0 saturated carbocycles. The molecule has 1 N–H and O–H groups in total. The van der Waals surface area contributed by atoms with Crippen molar-refractivity contribution in [3.8, 4) is 5.75 Å². The highest BCUT2D eigenvalue weighted by molar-refractivity contribution is 5.82. The summed E-state index contributed by atoms with van der Waals surface area (Å²) in [5.74, 6) is 0.432. The summed E-state index contributed by atoms with van der Waals surface area (Å²) in [5, 5.41) is 3.92. The van der Waals surface area contributed by atoms with E-state index in [9.17, 15) is 4.79 Å². The maximum atomic E-state index is 11.7. The molecule has 0 aliphatic carbocycles. The van der Waals surface area contributed by atoms with Gasteiger partial charge >= 0.3 is 0 Å². The Labute approximate surface area is 130 Å². The quantitative estimate of drug-likeness (QED) is 0.680. The Balaban J connectivity index is 1.83. The molecule has 0 fully saturated rings. The number of carbonyl (C=O) groups is 1. The summed E-state index contributed by atoms with van der Waals surface area (Å²) in [6.45, 7) is 5.89. The summed E-state index contributed by atoms with van der Waals surface area (Å²) >= 11 is 0. The Morgan fingerprint density at radius 3 is 2.50 bits per heavy atom. The molecule has 0 spiro atoms. The highest BCUT2D eigenvalue weighted by atomic mass is 16.5.